The molecule has 17 nitrogen and oxygen atoms in total. The number of rotatable bonds is 25. The highest BCUT2D eigenvalue weighted by atomic mass is 16.6. The first kappa shape index (κ1) is 43.5. The summed E-state index contributed by atoms with van der Waals surface area (Å²) in [7, 11) is 0. The zero-order valence-corrected chi connectivity index (χ0v) is 30.3. The van der Waals surface area contributed by atoms with E-state index in [1.165, 1.54) is 19.1 Å². The molecule has 52 heavy (non-hydrogen) atoms. The second-order valence-corrected chi connectivity index (χ2v) is 12.5. The smallest absolute Gasteiger partial charge is 0.311 e. The Balaban J connectivity index is 1.39. The van der Waals surface area contributed by atoms with Gasteiger partial charge in [0.1, 0.15) is 12.6 Å². The van der Waals surface area contributed by atoms with Crippen LogP contribution in [-0.2, 0) is 63.9 Å². The first-order valence-corrected chi connectivity index (χ1v) is 17.0. The van der Waals surface area contributed by atoms with E-state index in [9.17, 15) is 33.6 Å². The standard InChI is InChI=1S/C35H51N5O12/c1-25(33(46)37-23-30(43)39-27-7-5-26(6-8-27)24-52-34(47)35(2,3)4)38-29(42)12-15-48-17-19-50-21-22-51-20-18-49-16-13-36-28(41)11-14-40-31(44)9-10-32(40)45/h5-10,25H,11-24H2,1-4H3,(H,36,41)(H,37,46)(H,38,42)(H,39,43). The van der Waals surface area contributed by atoms with E-state index in [4.69, 9.17) is 23.7 Å². The van der Waals surface area contributed by atoms with E-state index in [-0.39, 0.29) is 76.7 Å². The quantitative estimate of drug-likeness (QED) is 0.0603. The summed E-state index contributed by atoms with van der Waals surface area (Å²) in [5.74, 6) is -2.79. The number of carbonyl (C=O) groups is 7. The molecule has 1 unspecified atom stereocenters. The van der Waals surface area contributed by atoms with Crippen LogP contribution in [0.2, 0.25) is 0 Å². The molecule has 4 N–H and O–H groups in total. The molecular formula is C35H51N5O12. The molecule has 2 rings (SSSR count). The Bertz CT molecular complexity index is 1360. The number of hydrogen-bond donors (Lipinski definition) is 4. The molecule has 0 spiro atoms. The van der Waals surface area contributed by atoms with Crippen LogP contribution in [0.1, 0.15) is 46.1 Å². The van der Waals surface area contributed by atoms with Gasteiger partial charge in [0.25, 0.3) is 11.8 Å². The van der Waals surface area contributed by atoms with Gasteiger partial charge in [0, 0.05) is 43.8 Å². The maximum Gasteiger partial charge on any atom is 0.311 e. The number of nitrogens with zero attached hydrogens (tertiary/aromatic N) is 1. The number of benzene rings is 1. The molecular weight excluding hydrogens is 682 g/mol. The molecule has 0 aromatic heterocycles. The molecule has 0 aliphatic carbocycles. The first-order chi connectivity index (χ1) is 24.8. The number of ether oxygens (including phenoxy) is 5. The highest BCUT2D eigenvalue weighted by Crippen LogP contribution is 2.17. The van der Waals surface area contributed by atoms with Crippen molar-refractivity contribution in [3.63, 3.8) is 0 Å². The van der Waals surface area contributed by atoms with E-state index in [2.05, 4.69) is 21.3 Å². The van der Waals surface area contributed by atoms with Gasteiger partial charge < -0.3 is 45.0 Å². The van der Waals surface area contributed by atoms with Gasteiger partial charge in [-0.2, -0.15) is 0 Å². The van der Waals surface area contributed by atoms with Crippen LogP contribution in [0.4, 0.5) is 5.69 Å². The summed E-state index contributed by atoms with van der Waals surface area (Å²) in [6, 6.07) is 5.91. The lowest BCUT2D eigenvalue weighted by Crippen LogP contribution is -2.46. The van der Waals surface area contributed by atoms with Gasteiger partial charge >= 0.3 is 5.97 Å². The fourth-order valence-corrected chi connectivity index (χ4v) is 4.10. The van der Waals surface area contributed by atoms with Crippen molar-refractivity contribution in [1.29, 1.82) is 0 Å². The SMILES string of the molecule is CC(NC(=O)CCOCCOCCOCCOCCNC(=O)CCN1C(=O)C=CC1=O)C(=O)NCC(=O)Nc1ccc(COC(=O)C(C)(C)C)cc1. The summed E-state index contributed by atoms with van der Waals surface area (Å²) < 4.78 is 26.8. The first-order valence-electron chi connectivity index (χ1n) is 17.0. The molecule has 1 aromatic carbocycles. The second kappa shape index (κ2) is 23.7. The summed E-state index contributed by atoms with van der Waals surface area (Å²) in [6.07, 6.45) is 2.41. The summed E-state index contributed by atoms with van der Waals surface area (Å²) in [4.78, 5) is 84.4. The lowest BCUT2D eigenvalue weighted by molar-refractivity contribution is -0.154. The molecule has 0 radical (unpaired) electrons. The lowest BCUT2D eigenvalue weighted by atomic mass is 9.97. The van der Waals surface area contributed by atoms with E-state index in [1.807, 2.05) is 0 Å². The minimum atomic E-state index is -0.860. The van der Waals surface area contributed by atoms with E-state index < -0.39 is 35.1 Å². The third kappa shape index (κ3) is 18.5. The molecule has 0 saturated heterocycles. The van der Waals surface area contributed by atoms with Gasteiger partial charge in [-0.1, -0.05) is 12.1 Å². The van der Waals surface area contributed by atoms with Crippen LogP contribution >= 0.6 is 0 Å². The topological polar surface area (TPSA) is 217 Å². The summed E-state index contributed by atoms with van der Waals surface area (Å²) in [5.41, 5.74) is 0.674. The van der Waals surface area contributed by atoms with Gasteiger partial charge in [-0.3, -0.25) is 38.5 Å². The average Bonchev–Trinajstić information content (AvgIpc) is 3.42. The number of nitrogens with one attached hydrogen (secondary N) is 4. The highest BCUT2D eigenvalue weighted by Gasteiger charge is 2.24. The molecule has 0 fully saturated rings. The van der Waals surface area contributed by atoms with Gasteiger partial charge in [0.2, 0.25) is 23.6 Å². The van der Waals surface area contributed by atoms with Crippen molar-refractivity contribution in [2.24, 2.45) is 5.41 Å². The molecule has 1 heterocycles. The molecule has 1 aromatic rings. The van der Waals surface area contributed by atoms with Crippen molar-refractivity contribution in [2.45, 2.75) is 53.2 Å². The number of carbonyl (C=O) groups excluding carboxylic acids is 7. The monoisotopic (exact) mass is 733 g/mol. The summed E-state index contributed by atoms with van der Waals surface area (Å²) in [5, 5.41) is 10.4. The largest absolute Gasteiger partial charge is 0.460 e. The van der Waals surface area contributed by atoms with Crippen LogP contribution in [-0.4, -0.2) is 125 Å². The Kier molecular flexibility index (Phi) is 19.8. The van der Waals surface area contributed by atoms with Crippen molar-refractivity contribution < 1.29 is 57.2 Å². The number of imide groups is 1. The second-order valence-electron chi connectivity index (χ2n) is 12.5. The molecule has 6 amide bonds. The third-order valence-corrected chi connectivity index (χ3v) is 7.04. The van der Waals surface area contributed by atoms with Gasteiger partial charge in [0.15, 0.2) is 0 Å². The number of hydrogen-bond acceptors (Lipinski definition) is 12. The van der Waals surface area contributed by atoms with Gasteiger partial charge in [-0.15, -0.1) is 0 Å². The molecule has 0 bridgehead atoms. The van der Waals surface area contributed by atoms with E-state index in [1.54, 1.807) is 45.0 Å². The molecule has 1 aliphatic rings. The van der Waals surface area contributed by atoms with Crippen LogP contribution in [0.5, 0.6) is 0 Å². The van der Waals surface area contributed by atoms with Crippen LogP contribution in [0.25, 0.3) is 0 Å². The Morgan fingerprint density at radius 2 is 1.27 bits per heavy atom. The van der Waals surface area contributed by atoms with Gasteiger partial charge in [-0.25, -0.2) is 0 Å². The van der Waals surface area contributed by atoms with Crippen LogP contribution < -0.4 is 21.3 Å². The van der Waals surface area contributed by atoms with Crippen molar-refractivity contribution in [3.05, 3.63) is 42.0 Å². The van der Waals surface area contributed by atoms with Crippen LogP contribution in [0.15, 0.2) is 36.4 Å². The predicted molar refractivity (Wildman–Crippen MR) is 186 cm³/mol. The van der Waals surface area contributed by atoms with Gasteiger partial charge in [-0.05, 0) is 45.4 Å². The van der Waals surface area contributed by atoms with Crippen LogP contribution in [0.3, 0.4) is 0 Å². The van der Waals surface area contributed by atoms with Crippen molar-refractivity contribution in [1.82, 2.24) is 20.9 Å². The Hall–Kier alpha value is -4.71. The maximum atomic E-state index is 12.3. The fraction of sp³-hybridized carbons (Fsp3) is 0.571. The molecule has 17 heteroatoms. The Morgan fingerprint density at radius 3 is 1.85 bits per heavy atom. The minimum absolute atomic E-state index is 0.0215. The fourth-order valence-electron chi connectivity index (χ4n) is 4.10. The van der Waals surface area contributed by atoms with Gasteiger partial charge in [0.05, 0.1) is 64.8 Å². The van der Waals surface area contributed by atoms with Crippen molar-refractivity contribution in [3.8, 4) is 0 Å². The molecule has 0 saturated carbocycles. The van der Waals surface area contributed by atoms with Crippen molar-refractivity contribution >= 4 is 47.1 Å². The highest BCUT2D eigenvalue weighted by molar-refractivity contribution is 6.13. The third-order valence-electron chi connectivity index (χ3n) is 7.04. The number of amides is 6. The zero-order valence-electron chi connectivity index (χ0n) is 30.3. The normalized spacial score (nSPS) is 13.1. The number of anilines is 1. The molecule has 1 atom stereocenters. The number of esters is 1. The van der Waals surface area contributed by atoms with E-state index in [0.29, 0.717) is 38.7 Å². The van der Waals surface area contributed by atoms with Crippen LogP contribution in [0, 0.1) is 5.41 Å². The molecule has 1 aliphatic heterocycles. The predicted octanol–water partition coefficient (Wildman–Crippen LogP) is 0.223. The van der Waals surface area contributed by atoms with Crippen molar-refractivity contribution in [2.75, 3.05) is 77.8 Å². The summed E-state index contributed by atoms with van der Waals surface area (Å²) >= 11 is 0. The van der Waals surface area contributed by atoms with E-state index >= 15 is 0 Å². The minimum Gasteiger partial charge on any atom is -0.460 e. The Morgan fingerprint density at radius 1 is 0.712 bits per heavy atom. The lowest BCUT2D eigenvalue weighted by Gasteiger charge is -2.16. The zero-order chi connectivity index (χ0) is 38.4. The summed E-state index contributed by atoms with van der Waals surface area (Å²) in [6.45, 7) is 9.30. The van der Waals surface area contributed by atoms with E-state index in [0.717, 1.165) is 10.5 Å². The average molecular weight is 734 g/mol. The molecule has 288 valence electrons. The Labute approximate surface area is 303 Å². The maximum absolute atomic E-state index is 12.3.